The van der Waals surface area contributed by atoms with E-state index in [-0.39, 0.29) is 24.1 Å². The fourth-order valence-electron chi connectivity index (χ4n) is 2.93. The molecule has 0 bridgehead atoms. The van der Waals surface area contributed by atoms with Crippen molar-refractivity contribution >= 4 is 23.3 Å². The Balaban J connectivity index is 2.15. The van der Waals surface area contributed by atoms with Gasteiger partial charge in [0.15, 0.2) is 5.78 Å². The average Bonchev–Trinajstić information content (AvgIpc) is 2.52. The van der Waals surface area contributed by atoms with Gasteiger partial charge in [0.25, 0.3) is 0 Å². The second kappa shape index (κ2) is 7.40. The third-order valence-corrected chi connectivity index (χ3v) is 4.25. The molecule has 1 aromatic rings. The van der Waals surface area contributed by atoms with Gasteiger partial charge in [-0.15, -0.1) is 0 Å². The van der Waals surface area contributed by atoms with Crippen molar-refractivity contribution in [3.8, 4) is 0 Å². The van der Waals surface area contributed by atoms with Gasteiger partial charge in [0.2, 0.25) is 11.8 Å². The number of anilines is 1. The van der Waals surface area contributed by atoms with Crippen molar-refractivity contribution in [3.63, 3.8) is 0 Å². The Morgan fingerprint density at radius 1 is 1.26 bits per heavy atom. The minimum Gasteiger partial charge on any atom is -0.341 e. The van der Waals surface area contributed by atoms with Gasteiger partial charge < -0.3 is 9.80 Å². The van der Waals surface area contributed by atoms with Crippen LogP contribution in [0.15, 0.2) is 24.3 Å². The van der Waals surface area contributed by atoms with Crippen LogP contribution < -0.4 is 4.90 Å². The van der Waals surface area contributed by atoms with E-state index in [0.717, 1.165) is 25.9 Å². The van der Waals surface area contributed by atoms with Gasteiger partial charge in [0.1, 0.15) is 6.54 Å². The van der Waals surface area contributed by atoms with Crippen molar-refractivity contribution in [1.29, 1.82) is 0 Å². The molecular weight excluding hydrogens is 292 g/mol. The molecule has 5 heteroatoms. The minimum absolute atomic E-state index is 0.0173. The van der Waals surface area contributed by atoms with Gasteiger partial charge in [-0.05, 0) is 37.8 Å². The Morgan fingerprint density at radius 2 is 2.00 bits per heavy atom. The number of carbonyl (C=O) groups is 3. The smallest absolute Gasteiger partial charge is 0.242 e. The lowest BCUT2D eigenvalue weighted by Crippen LogP contribution is -2.46. The van der Waals surface area contributed by atoms with Crippen LogP contribution in [0, 0.1) is 5.92 Å². The second-order valence-corrected chi connectivity index (χ2v) is 6.30. The zero-order valence-electron chi connectivity index (χ0n) is 14.0. The van der Waals surface area contributed by atoms with Gasteiger partial charge in [-0.2, -0.15) is 0 Å². The number of hydrogen-bond donors (Lipinski definition) is 0. The number of piperidine rings is 1. The molecule has 2 rings (SSSR count). The van der Waals surface area contributed by atoms with E-state index in [1.807, 2.05) is 4.90 Å². The maximum absolute atomic E-state index is 12.5. The van der Waals surface area contributed by atoms with Crippen LogP contribution in [0.4, 0.5) is 5.69 Å². The van der Waals surface area contributed by atoms with E-state index in [0.29, 0.717) is 17.2 Å². The summed E-state index contributed by atoms with van der Waals surface area (Å²) in [6, 6.07) is 6.85. The number of amides is 2. The molecule has 23 heavy (non-hydrogen) atoms. The molecule has 1 unspecified atom stereocenters. The first-order valence-electron chi connectivity index (χ1n) is 8.05. The minimum atomic E-state index is -0.205. The number of hydrogen-bond acceptors (Lipinski definition) is 3. The molecule has 1 heterocycles. The summed E-state index contributed by atoms with van der Waals surface area (Å²) in [6.45, 7) is 6.58. The largest absolute Gasteiger partial charge is 0.341 e. The lowest BCUT2D eigenvalue weighted by molar-refractivity contribution is -0.132. The Kier molecular flexibility index (Phi) is 5.53. The summed E-state index contributed by atoms with van der Waals surface area (Å²) in [6.07, 6.45) is 2.15. The number of likely N-dealkylation sites (tertiary alicyclic amines) is 1. The van der Waals surface area contributed by atoms with Crippen LogP contribution in [0.5, 0.6) is 0 Å². The van der Waals surface area contributed by atoms with Gasteiger partial charge in [-0.3, -0.25) is 14.4 Å². The molecule has 0 saturated carbocycles. The van der Waals surface area contributed by atoms with Gasteiger partial charge in [-0.1, -0.05) is 19.1 Å². The van der Waals surface area contributed by atoms with E-state index in [1.54, 1.807) is 24.3 Å². The highest BCUT2D eigenvalue weighted by Gasteiger charge is 2.24. The molecule has 124 valence electrons. The zero-order chi connectivity index (χ0) is 17.0. The molecule has 0 spiro atoms. The SMILES string of the molecule is CC(=O)c1cccc(N(CC(=O)N2CCCC(C)C2)C(C)=O)c1. The molecular formula is C18H24N2O3. The van der Waals surface area contributed by atoms with Gasteiger partial charge in [0.05, 0.1) is 0 Å². The quantitative estimate of drug-likeness (QED) is 0.802. The molecule has 1 aromatic carbocycles. The molecule has 1 aliphatic rings. The number of benzene rings is 1. The molecule has 0 aromatic heterocycles. The third-order valence-electron chi connectivity index (χ3n) is 4.25. The number of rotatable bonds is 4. The van der Waals surface area contributed by atoms with Gasteiger partial charge in [-0.25, -0.2) is 0 Å². The van der Waals surface area contributed by atoms with E-state index < -0.39 is 0 Å². The topological polar surface area (TPSA) is 57.7 Å². The Morgan fingerprint density at radius 3 is 2.61 bits per heavy atom. The summed E-state index contributed by atoms with van der Waals surface area (Å²) >= 11 is 0. The molecule has 1 saturated heterocycles. The first-order valence-corrected chi connectivity index (χ1v) is 8.05. The highest BCUT2D eigenvalue weighted by atomic mass is 16.2. The predicted molar refractivity (Wildman–Crippen MR) is 89.5 cm³/mol. The second-order valence-electron chi connectivity index (χ2n) is 6.30. The Hall–Kier alpha value is -2.17. The van der Waals surface area contributed by atoms with E-state index in [9.17, 15) is 14.4 Å². The highest BCUT2D eigenvalue weighted by Crippen LogP contribution is 2.19. The van der Waals surface area contributed by atoms with Crippen molar-refractivity contribution in [3.05, 3.63) is 29.8 Å². The van der Waals surface area contributed by atoms with E-state index in [1.165, 1.54) is 18.7 Å². The maximum Gasteiger partial charge on any atom is 0.242 e. The molecule has 1 fully saturated rings. The summed E-state index contributed by atoms with van der Waals surface area (Å²) in [5.41, 5.74) is 1.12. The normalized spacial score (nSPS) is 17.7. The summed E-state index contributed by atoms with van der Waals surface area (Å²) in [7, 11) is 0. The molecule has 1 atom stereocenters. The van der Waals surface area contributed by atoms with Crippen LogP contribution >= 0.6 is 0 Å². The molecule has 1 aliphatic heterocycles. The third kappa shape index (κ3) is 4.41. The fourth-order valence-corrected chi connectivity index (χ4v) is 2.93. The Labute approximate surface area is 137 Å². The highest BCUT2D eigenvalue weighted by molar-refractivity contribution is 6.00. The number of nitrogens with zero attached hydrogens (tertiary/aromatic N) is 2. The summed E-state index contributed by atoms with van der Waals surface area (Å²) < 4.78 is 0. The van der Waals surface area contributed by atoms with Gasteiger partial charge in [0, 0.05) is 31.3 Å². The summed E-state index contributed by atoms with van der Waals surface area (Å²) in [4.78, 5) is 39.3. The molecule has 0 N–H and O–H groups in total. The van der Waals surface area contributed by atoms with Crippen LogP contribution in [0.3, 0.4) is 0 Å². The van der Waals surface area contributed by atoms with Crippen LogP contribution in [0.2, 0.25) is 0 Å². The lowest BCUT2D eigenvalue weighted by Gasteiger charge is -2.32. The van der Waals surface area contributed by atoms with E-state index in [4.69, 9.17) is 0 Å². The van der Waals surface area contributed by atoms with Crippen molar-refractivity contribution in [2.24, 2.45) is 5.92 Å². The summed E-state index contributed by atoms with van der Waals surface area (Å²) in [5, 5.41) is 0. The van der Waals surface area contributed by atoms with Crippen LogP contribution in [0.25, 0.3) is 0 Å². The van der Waals surface area contributed by atoms with Crippen molar-refractivity contribution in [1.82, 2.24) is 4.90 Å². The van der Waals surface area contributed by atoms with E-state index >= 15 is 0 Å². The van der Waals surface area contributed by atoms with Crippen LogP contribution in [0.1, 0.15) is 44.0 Å². The van der Waals surface area contributed by atoms with Crippen LogP contribution in [-0.2, 0) is 9.59 Å². The first kappa shape index (κ1) is 17.2. The lowest BCUT2D eigenvalue weighted by atomic mass is 10.0. The number of carbonyl (C=O) groups excluding carboxylic acids is 3. The van der Waals surface area contributed by atoms with Crippen LogP contribution in [-0.4, -0.2) is 42.1 Å². The monoisotopic (exact) mass is 316 g/mol. The van der Waals surface area contributed by atoms with Crippen molar-refractivity contribution in [2.45, 2.75) is 33.6 Å². The maximum atomic E-state index is 12.5. The first-order chi connectivity index (χ1) is 10.9. The van der Waals surface area contributed by atoms with Gasteiger partial charge >= 0.3 is 0 Å². The van der Waals surface area contributed by atoms with Crippen molar-refractivity contribution < 1.29 is 14.4 Å². The fraction of sp³-hybridized carbons (Fsp3) is 0.500. The average molecular weight is 316 g/mol. The number of Topliss-reactive ketones (excluding diaryl/α,β-unsaturated/α-hetero) is 1. The zero-order valence-corrected chi connectivity index (χ0v) is 14.0. The number of ketones is 1. The summed E-state index contributed by atoms with van der Waals surface area (Å²) in [5.74, 6) is 0.190. The Bertz CT molecular complexity index is 612. The predicted octanol–water partition coefficient (Wildman–Crippen LogP) is 2.50. The molecule has 5 nitrogen and oxygen atoms in total. The molecule has 0 aliphatic carbocycles. The molecule has 0 radical (unpaired) electrons. The van der Waals surface area contributed by atoms with Crippen molar-refractivity contribution in [2.75, 3.05) is 24.5 Å². The standard InChI is InChI=1S/C18H24N2O3/c1-13-6-5-9-19(11-13)18(23)12-20(15(3)22)17-8-4-7-16(10-17)14(2)21/h4,7-8,10,13H,5-6,9,11-12H2,1-3H3. The molecule has 2 amide bonds. The van der Waals surface area contributed by atoms with E-state index in [2.05, 4.69) is 6.92 Å².